The van der Waals surface area contributed by atoms with Crippen molar-refractivity contribution in [3.63, 3.8) is 0 Å². The summed E-state index contributed by atoms with van der Waals surface area (Å²) in [5.74, 6) is 0.235. The normalized spacial score (nSPS) is 22.8. The molecule has 2 aromatic carbocycles. The number of amides is 2. The standard InChI is InChI=1S/C33H37ClN5O3/c1-32(2,3)19-38-18-25-23(13-27(34)30-24(25)16-35-36-30)26-14-33(26,31(38)41)15-29(40)37-10-8-20(9-11-37)28-12-21-6-4-5-7-22(21)17-39(28)42/h4-7,12-13,16-17,20,26,42H,8-11,14-15,18-19H2,1-3H3,(H,35,36)/q+1/t26?,33-/m1/s1. The first-order valence-corrected chi connectivity index (χ1v) is 15.3. The Morgan fingerprint density at radius 3 is 2.67 bits per heavy atom. The zero-order chi connectivity index (χ0) is 29.4. The zero-order valence-electron chi connectivity index (χ0n) is 24.4. The van der Waals surface area contributed by atoms with Gasteiger partial charge in [-0.25, -0.2) is 0 Å². The lowest BCUT2D eigenvalue weighted by Crippen LogP contribution is -2.45. The van der Waals surface area contributed by atoms with Crippen molar-refractivity contribution >= 4 is 45.1 Å². The fourth-order valence-electron chi connectivity index (χ4n) is 7.44. The minimum Gasteiger partial charge on any atom is -0.343 e. The molecule has 2 aromatic heterocycles. The lowest BCUT2D eigenvalue weighted by molar-refractivity contribution is -0.909. The number of aromatic amines is 1. The number of hydrogen-bond acceptors (Lipinski definition) is 4. The van der Waals surface area contributed by atoms with Crippen LogP contribution < -0.4 is 4.73 Å². The van der Waals surface area contributed by atoms with Gasteiger partial charge in [-0.2, -0.15) is 5.10 Å². The van der Waals surface area contributed by atoms with Gasteiger partial charge in [-0.1, -0.05) is 50.6 Å². The number of piperidine rings is 1. The second-order valence-electron chi connectivity index (χ2n) is 13.7. The maximum Gasteiger partial charge on any atom is 0.237 e. The third-order valence-electron chi connectivity index (χ3n) is 9.57. The lowest BCUT2D eigenvalue weighted by Gasteiger charge is -2.34. The number of H-pyrrole nitrogens is 1. The van der Waals surface area contributed by atoms with Crippen molar-refractivity contribution in [2.75, 3.05) is 19.6 Å². The minimum atomic E-state index is -0.738. The van der Waals surface area contributed by atoms with E-state index in [0.717, 1.165) is 51.3 Å². The molecule has 8 nitrogen and oxygen atoms in total. The first-order valence-electron chi connectivity index (χ1n) is 14.9. The molecule has 1 aliphatic carbocycles. The van der Waals surface area contributed by atoms with Gasteiger partial charge in [0.15, 0.2) is 0 Å². The quantitative estimate of drug-likeness (QED) is 0.242. The monoisotopic (exact) mass is 586 g/mol. The smallest absolute Gasteiger partial charge is 0.237 e. The van der Waals surface area contributed by atoms with Crippen molar-refractivity contribution in [1.82, 2.24) is 20.0 Å². The average molecular weight is 587 g/mol. The third-order valence-corrected chi connectivity index (χ3v) is 9.87. The number of nitrogens with one attached hydrogen (secondary N) is 1. The van der Waals surface area contributed by atoms with E-state index in [1.165, 1.54) is 4.73 Å². The van der Waals surface area contributed by atoms with E-state index in [1.54, 1.807) is 12.4 Å². The molecule has 1 unspecified atom stereocenters. The highest BCUT2D eigenvalue weighted by Crippen LogP contribution is 2.65. The van der Waals surface area contributed by atoms with Crippen LogP contribution in [0.15, 0.2) is 48.8 Å². The maximum absolute atomic E-state index is 14.3. The van der Waals surface area contributed by atoms with Gasteiger partial charge in [0, 0.05) is 54.7 Å². The molecule has 2 amide bonds. The first-order chi connectivity index (χ1) is 20.0. The number of halogens is 1. The number of hydrogen-bond donors (Lipinski definition) is 2. The van der Waals surface area contributed by atoms with E-state index in [1.807, 2.05) is 34.1 Å². The van der Waals surface area contributed by atoms with Gasteiger partial charge in [-0.05, 0) is 53.3 Å². The lowest BCUT2D eigenvalue weighted by atomic mass is 9.89. The summed E-state index contributed by atoms with van der Waals surface area (Å²) in [6.45, 7) is 8.72. The van der Waals surface area contributed by atoms with Crippen molar-refractivity contribution in [2.24, 2.45) is 10.8 Å². The minimum absolute atomic E-state index is 0.0331. The zero-order valence-corrected chi connectivity index (χ0v) is 25.1. The van der Waals surface area contributed by atoms with Crippen molar-refractivity contribution < 1.29 is 19.5 Å². The van der Waals surface area contributed by atoms with E-state index in [0.29, 0.717) is 37.6 Å². The molecule has 218 valence electrons. The van der Waals surface area contributed by atoms with Gasteiger partial charge in [0.2, 0.25) is 23.7 Å². The van der Waals surface area contributed by atoms with E-state index in [2.05, 4.69) is 43.1 Å². The number of aromatic nitrogens is 3. The molecule has 2 aliphatic heterocycles. The summed E-state index contributed by atoms with van der Waals surface area (Å²) in [5, 5.41) is 21.6. The molecule has 7 rings (SSSR count). The molecule has 0 spiro atoms. The molecule has 0 bridgehead atoms. The molecule has 3 aliphatic rings. The van der Waals surface area contributed by atoms with E-state index >= 15 is 0 Å². The van der Waals surface area contributed by atoms with Gasteiger partial charge in [-0.15, -0.1) is 0 Å². The maximum atomic E-state index is 14.3. The summed E-state index contributed by atoms with van der Waals surface area (Å²) >= 11 is 6.67. The van der Waals surface area contributed by atoms with Crippen LogP contribution in [0.3, 0.4) is 0 Å². The molecule has 1 saturated carbocycles. The van der Waals surface area contributed by atoms with Gasteiger partial charge >= 0.3 is 0 Å². The van der Waals surface area contributed by atoms with Gasteiger partial charge in [-0.3, -0.25) is 19.9 Å². The number of rotatable bonds is 4. The Balaban J connectivity index is 1.13. The average Bonchev–Trinajstić information content (AvgIpc) is 3.46. The van der Waals surface area contributed by atoms with Crippen molar-refractivity contribution in [1.29, 1.82) is 0 Å². The van der Waals surface area contributed by atoms with Crippen LogP contribution in [0.5, 0.6) is 0 Å². The highest BCUT2D eigenvalue weighted by atomic mass is 35.5. The molecule has 42 heavy (non-hydrogen) atoms. The van der Waals surface area contributed by atoms with Crippen LogP contribution in [-0.2, 0) is 16.1 Å². The van der Waals surface area contributed by atoms with Crippen LogP contribution in [0.2, 0.25) is 5.02 Å². The van der Waals surface area contributed by atoms with Crippen LogP contribution in [0.25, 0.3) is 21.7 Å². The summed E-state index contributed by atoms with van der Waals surface area (Å²) in [5.41, 5.74) is 3.00. The van der Waals surface area contributed by atoms with Gasteiger partial charge in [0.1, 0.15) is 0 Å². The van der Waals surface area contributed by atoms with E-state index in [4.69, 9.17) is 11.6 Å². The van der Waals surface area contributed by atoms with Crippen LogP contribution in [0, 0.1) is 10.8 Å². The fourth-order valence-corrected chi connectivity index (χ4v) is 7.70. The molecule has 2 N–H and O–H groups in total. The van der Waals surface area contributed by atoms with Crippen LogP contribution >= 0.6 is 11.6 Å². The summed E-state index contributed by atoms with van der Waals surface area (Å²) in [6.07, 6.45) is 5.96. The highest BCUT2D eigenvalue weighted by Gasteiger charge is 2.64. The summed E-state index contributed by atoms with van der Waals surface area (Å²) in [7, 11) is 0. The number of benzene rings is 2. The Hall–Kier alpha value is -3.65. The fraction of sp³-hybridized carbons (Fsp3) is 0.455. The van der Waals surface area contributed by atoms with Crippen LogP contribution in [0.1, 0.15) is 75.1 Å². The second kappa shape index (κ2) is 9.69. The molecular formula is C33H37ClN5O3+. The number of nitrogens with zero attached hydrogens (tertiary/aromatic N) is 4. The topological polar surface area (TPSA) is 93.4 Å². The Labute approximate surface area is 250 Å². The Bertz CT molecular complexity index is 1740. The molecule has 2 fully saturated rings. The summed E-state index contributed by atoms with van der Waals surface area (Å²) in [4.78, 5) is 32.0. The molecule has 0 radical (unpaired) electrons. The van der Waals surface area contributed by atoms with Crippen molar-refractivity contribution in [2.45, 2.75) is 64.8 Å². The number of carbonyl (C=O) groups is 2. The van der Waals surface area contributed by atoms with E-state index in [9.17, 15) is 14.8 Å². The molecule has 4 heterocycles. The number of pyridine rings is 1. The van der Waals surface area contributed by atoms with Crippen molar-refractivity contribution in [3.05, 3.63) is 70.6 Å². The summed E-state index contributed by atoms with van der Waals surface area (Å²) < 4.78 is 1.24. The molecule has 2 atom stereocenters. The molecule has 1 saturated heterocycles. The largest absolute Gasteiger partial charge is 0.343 e. The Morgan fingerprint density at radius 2 is 1.93 bits per heavy atom. The van der Waals surface area contributed by atoms with Gasteiger partial charge in [0.05, 0.1) is 33.5 Å². The van der Waals surface area contributed by atoms with Crippen LogP contribution in [-0.4, -0.2) is 56.7 Å². The third kappa shape index (κ3) is 4.51. The molecular weight excluding hydrogens is 550 g/mol. The second-order valence-corrected chi connectivity index (χ2v) is 14.1. The molecule has 4 aromatic rings. The SMILES string of the molecule is CC(C)(C)CN1Cc2c(cc(Cl)c3[nH]ncc23)C2C[C@]2(CC(=O)N2CCC(c3cc4ccccc4c[n+]3O)CC2)C1=O. The Morgan fingerprint density at radius 1 is 1.19 bits per heavy atom. The first kappa shape index (κ1) is 27.2. The number of fused-ring (bicyclic) bond motifs is 6. The Kier molecular flexibility index (Phi) is 6.28. The van der Waals surface area contributed by atoms with Gasteiger partial charge < -0.3 is 9.80 Å². The predicted octanol–water partition coefficient (Wildman–Crippen LogP) is 5.55. The van der Waals surface area contributed by atoms with Crippen LogP contribution in [0.4, 0.5) is 0 Å². The molecule has 9 heteroatoms. The highest BCUT2D eigenvalue weighted by molar-refractivity contribution is 6.35. The number of carbonyl (C=O) groups excluding carboxylic acids is 2. The summed E-state index contributed by atoms with van der Waals surface area (Å²) in [6, 6.07) is 12.0. The number of likely N-dealkylation sites (tertiary alicyclic amines) is 1. The van der Waals surface area contributed by atoms with E-state index < -0.39 is 5.41 Å². The van der Waals surface area contributed by atoms with E-state index in [-0.39, 0.29) is 35.5 Å². The van der Waals surface area contributed by atoms with Gasteiger partial charge in [0.25, 0.3) is 0 Å². The predicted molar refractivity (Wildman–Crippen MR) is 160 cm³/mol. The van der Waals surface area contributed by atoms with Crippen molar-refractivity contribution in [3.8, 4) is 0 Å².